The van der Waals surface area contributed by atoms with Crippen LogP contribution in [0.3, 0.4) is 0 Å². The van der Waals surface area contributed by atoms with Crippen molar-refractivity contribution in [1.29, 1.82) is 0 Å². The normalized spacial score (nSPS) is 15.6. The van der Waals surface area contributed by atoms with Crippen LogP contribution < -0.4 is 4.90 Å². The van der Waals surface area contributed by atoms with Crippen LogP contribution in [0.2, 0.25) is 0 Å². The van der Waals surface area contributed by atoms with Gasteiger partial charge in [0.1, 0.15) is 5.58 Å². The predicted molar refractivity (Wildman–Crippen MR) is 114 cm³/mol. The second-order valence-corrected chi connectivity index (χ2v) is 8.03. The van der Waals surface area contributed by atoms with Crippen LogP contribution >= 0.6 is 11.8 Å². The first kappa shape index (κ1) is 17.9. The maximum Gasteiger partial charge on any atom is 0.294 e. The summed E-state index contributed by atoms with van der Waals surface area (Å²) in [5, 5.41) is 1.63. The van der Waals surface area contributed by atoms with Gasteiger partial charge in [-0.05, 0) is 37.1 Å². The molecule has 6 heteroatoms. The van der Waals surface area contributed by atoms with Crippen LogP contribution in [-0.2, 0) is 12.2 Å². The first-order chi connectivity index (χ1) is 14.2. The zero-order valence-corrected chi connectivity index (χ0v) is 16.7. The fourth-order valence-corrected chi connectivity index (χ4v) is 4.73. The molecule has 4 aromatic rings. The van der Waals surface area contributed by atoms with Crippen molar-refractivity contribution in [1.82, 2.24) is 9.97 Å². The number of hydrogen-bond acceptors (Lipinski definition) is 5. The van der Waals surface area contributed by atoms with Gasteiger partial charge in [-0.3, -0.25) is 4.79 Å². The molecule has 1 aliphatic rings. The summed E-state index contributed by atoms with van der Waals surface area (Å²) in [4.78, 5) is 24.0. The van der Waals surface area contributed by atoms with Crippen molar-refractivity contribution in [2.24, 2.45) is 0 Å². The highest BCUT2D eigenvalue weighted by Crippen LogP contribution is 2.37. The number of anilines is 1. The third-order valence-electron chi connectivity index (χ3n) is 5.21. The summed E-state index contributed by atoms with van der Waals surface area (Å²) in [5.41, 5.74) is 3.77. The average Bonchev–Trinajstić information content (AvgIpc) is 3.29. The van der Waals surface area contributed by atoms with E-state index in [2.05, 4.69) is 23.0 Å². The number of hydrogen-bond donors (Lipinski definition) is 0. The summed E-state index contributed by atoms with van der Waals surface area (Å²) >= 11 is 1.50. The monoisotopic (exact) mass is 401 g/mol. The molecule has 1 aliphatic heterocycles. The maximum atomic E-state index is 13.6. The van der Waals surface area contributed by atoms with E-state index >= 15 is 0 Å². The molecule has 0 fully saturated rings. The fraction of sp³-hybridized carbons (Fsp3) is 0.174. The molecule has 2 aromatic heterocycles. The van der Waals surface area contributed by atoms with Crippen LogP contribution in [0.15, 0.2) is 76.6 Å². The molecular weight excluding hydrogens is 382 g/mol. The first-order valence-corrected chi connectivity index (χ1v) is 10.5. The summed E-state index contributed by atoms with van der Waals surface area (Å²) in [7, 11) is 0. The smallest absolute Gasteiger partial charge is 0.294 e. The number of rotatable bonds is 4. The number of aromatic nitrogens is 2. The highest BCUT2D eigenvalue weighted by Gasteiger charge is 2.34. The van der Waals surface area contributed by atoms with E-state index in [4.69, 9.17) is 4.42 Å². The minimum atomic E-state index is -0.0942. The lowest BCUT2D eigenvalue weighted by molar-refractivity contribution is 0.0956. The van der Waals surface area contributed by atoms with Gasteiger partial charge in [0, 0.05) is 40.8 Å². The molecule has 3 heterocycles. The number of nitrogens with zero attached hydrogens (tertiary/aromatic N) is 3. The van der Waals surface area contributed by atoms with Gasteiger partial charge in [-0.1, -0.05) is 48.2 Å². The van der Waals surface area contributed by atoms with Crippen molar-refractivity contribution in [3.63, 3.8) is 0 Å². The van der Waals surface area contributed by atoms with E-state index in [0.29, 0.717) is 16.7 Å². The molecule has 1 amide bonds. The number of carbonyl (C=O) groups excluding carboxylic acids is 1. The van der Waals surface area contributed by atoms with Crippen molar-refractivity contribution in [3.8, 4) is 0 Å². The van der Waals surface area contributed by atoms with Gasteiger partial charge < -0.3 is 9.32 Å². The second-order valence-electron chi connectivity index (χ2n) is 7.08. The highest BCUT2D eigenvalue weighted by molar-refractivity contribution is 7.98. The van der Waals surface area contributed by atoms with E-state index in [1.54, 1.807) is 18.5 Å². The standard InChI is InChI=1S/C23H19N3O2S/c1-15-13-16-7-2-4-9-19(16)26(15)22(27)21-18(14-29-23-24-11-6-12-25-23)17-8-3-5-10-20(17)28-21/h2-12,15H,13-14H2,1H3. The minimum Gasteiger partial charge on any atom is -0.451 e. The zero-order valence-electron chi connectivity index (χ0n) is 15.9. The van der Waals surface area contributed by atoms with Crippen LogP contribution in [0.4, 0.5) is 5.69 Å². The van der Waals surface area contributed by atoms with Crippen LogP contribution in [0.5, 0.6) is 0 Å². The molecule has 1 atom stereocenters. The highest BCUT2D eigenvalue weighted by atomic mass is 32.2. The summed E-state index contributed by atoms with van der Waals surface area (Å²) in [6.07, 6.45) is 4.29. The van der Waals surface area contributed by atoms with Crippen molar-refractivity contribution in [3.05, 3.63) is 83.9 Å². The van der Waals surface area contributed by atoms with Crippen molar-refractivity contribution < 1.29 is 9.21 Å². The van der Waals surface area contributed by atoms with E-state index in [1.807, 2.05) is 47.4 Å². The number of thioether (sulfide) groups is 1. The summed E-state index contributed by atoms with van der Waals surface area (Å²) in [6, 6.07) is 17.7. The van der Waals surface area contributed by atoms with Gasteiger partial charge in [-0.2, -0.15) is 0 Å². The Kier molecular flexibility index (Phi) is 4.56. The average molecular weight is 401 g/mol. The van der Waals surface area contributed by atoms with Gasteiger partial charge in [0.15, 0.2) is 10.9 Å². The van der Waals surface area contributed by atoms with Gasteiger partial charge >= 0.3 is 0 Å². The SMILES string of the molecule is CC1Cc2ccccc2N1C(=O)c1oc2ccccc2c1CSc1ncccn1. The molecular formula is C23H19N3O2S. The van der Waals surface area contributed by atoms with Crippen LogP contribution in [0.1, 0.15) is 28.6 Å². The fourth-order valence-electron chi connectivity index (χ4n) is 3.90. The topological polar surface area (TPSA) is 59.2 Å². The van der Waals surface area contributed by atoms with Crippen LogP contribution in [0, 0.1) is 0 Å². The maximum absolute atomic E-state index is 13.6. The second kappa shape index (κ2) is 7.37. The van der Waals surface area contributed by atoms with Crippen molar-refractivity contribution in [2.75, 3.05) is 4.90 Å². The first-order valence-electron chi connectivity index (χ1n) is 9.54. The lowest BCUT2D eigenvalue weighted by Gasteiger charge is -2.22. The Morgan fingerprint density at radius 1 is 1.10 bits per heavy atom. The molecule has 0 spiro atoms. The molecule has 2 aromatic carbocycles. The molecule has 0 bridgehead atoms. The third-order valence-corrected chi connectivity index (χ3v) is 6.11. The summed E-state index contributed by atoms with van der Waals surface area (Å²) < 4.78 is 6.08. The minimum absolute atomic E-state index is 0.0890. The molecule has 0 N–H and O–H groups in total. The lowest BCUT2D eigenvalue weighted by Crippen LogP contribution is -2.35. The predicted octanol–water partition coefficient (Wildman–Crippen LogP) is 5.11. The van der Waals surface area contributed by atoms with E-state index < -0.39 is 0 Å². The van der Waals surface area contributed by atoms with Crippen LogP contribution in [0.25, 0.3) is 11.0 Å². The Labute approximate surface area is 172 Å². The Bertz CT molecular complexity index is 1190. The van der Waals surface area contributed by atoms with Gasteiger partial charge in [0.05, 0.1) is 0 Å². The molecule has 0 saturated heterocycles. The van der Waals surface area contributed by atoms with E-state index in [0.717, 1.165) is 28.6 Å². The van der Waals surface area contributed by atoms with E-state index in [1.165, 1.54) is 17.3 Å². The molecule has 1 unspecified atom stereocenters. The van der Waals surface area contributed by atoms with Crippen molar-refractivity contribution in [2.45, 2.75) is 30.3 Å². The largest absolute Gasteiger partial charge is 0.451 e. The Morgan fingerprint density at radius 2 is 1.86 bits per heavy atom. The van der Waals surface area contributed by atoms with E-state index in [-0.39, 0.29) is 11.9 Å². The quantitative estimate of drug-likeness (QED) is 0.351. The molecule has 144 valence electrons. The summed E-state index contributed by atoms with van der Waals surface area (Å²) in [6.45, 7) is 2.08. The van der Waals surface area contributed by atoms with Gasteiger partial charge in [-0.15, -0.1) is 0 Å². The van der Waals surface area contributed by atoms with Gasteiger partial charge in [-0.25, -0.2) is 9.97 Å². The lowest BCUT2D eigenvalue weighted by atomic mass is 10.1. The third kappa shape index (κ3) is 3.19. The molecule has 0 saturated carbocycles. The number of amides is 1. The Balaban J connectivity index is 1.55. The number of fused-ring (bicyclic) bond motifs is 2. The zero-order chi connectivity index (χ0) is 19.8. The molecule has 5 nitrogen and oxygen atoms in total. The Hall–Kier alpha value is -3.12. The number of carbonyl (C=O) groups is 1. The van der Waals surface area contributed by atoms with Crippen molar-refractivity contribution >= 4 is 34.3 Å². The molecule has 0 aliphatic carbocycles. The number of para-hydroxylation sites is 2. The Morgan fingerprint density at radius 3 is 2.72 bits per heavy atom. The molecule has 5 rings (SSSR count). The van der Waals surface area contributed by atoms with Crippen LogP contribution in [-0.4, -0.2) is 21.9 Å². The summed E-state index contributed by atoms with van der Waals surface area (Å²) in [5.74, 6) is 0.868. The molecule has 29 heavy (non-hydrogen) atoms. The van der Waals surface area contributed by atoms with E-state index in [9.17, 15) is 4.79 Å². The number of benzene rings is 2. The number of furan rings is 1. The van der Waals surface area contributed by atoms with Gasteiger partial charge in [0.2, 0.25) is 0 Å². The molecule has 0 radical (unpaired) electrons. The van der Waals surface area contributed by atoms with Gasteiger partial charge in [0.25, 0.3) is 5.91 Å².